The van der Waals surface area contributed by atoms with Crippen molar-refractivity contribution in [1.29, 1.82) is 0 Å². The van der Waals surface area contributed by atoms with Crippen molar-refractivity contribution < 1.29 is 9.59 Å². The van der Waals surface area contributed by atoms with Gasteiger partial charge in [0.15, 0.2) is 11.6 Å². The van der Waals surface area contributed by atoms with Crippen molar-refractivity contribution in [3.63, 3.8) is 0 Å². The Hall–Kier alpha value is -5.74. The number of nitrogen functional groups attached to an aromatic ring is 1. The number of rotatable bonds is 8. The van der Waals surface area contributed by atoms with E-state index >= 15 is 0 Å². The summed E-state index contributed by atoms with van der Waals surface area (Å²) < 4.78 is 0. The Labute approximate surface area is 329 Å². The summed E-state index contributed by atoms with van der Waals surface area (Å²) in [5.74, 6) is 0.0344. The van der Waals surface area contributed by atoms with Gasteiger partial charge in [0.2, 0.25) is 0 Å². The number of nitrogens with two attached hydrogens (primary N) is 1. The Morgan fingerprint density at radius 3 is 0.852 bits per heavy atom. The van der Waals surface area contributed by atoms with Gasteiger partial charge in [-0.15, -0.1) is 0 Å². The topological polar surface area (TPSA) is 60.2 Å². The van der Waals surface area contributed by atoms with Gasteiger partial charge < -0.3 is 5.73 Å². The van der Waals surface area contributed by atoms with Crippen molar-refractivity contribution in [2.45, 2.75) is 33.6 Å². The van der Waals surface area contributed by atoms with E-state index in [1.54, 1.807) is 48.5 Å². The van der Waals surface area contributed by atoms with E-state index in [9.17, 15) is 9.59 Å². The van der Waals surface area contributed by atoms with Gasteiger partial charge in [0.25, 0.3) is 0 Å². The molecule has 0 aromatic heterocycles. The first-order valence-corrected chi connectivity index (χ1v) is 18.5. The number of carbonyl (C=O) groups is 2. The zero-order valence-corrected chi connectivity index (χ0v) is 32.2. The van der Waals surface area contributed by atoms with Gasteiger partial charge >= 0.3 is 0 Å². The third-order valence-electron chi connectivity index (χ3n) is 8.78. The first-order valence-electron chi connectivity index (χ1n) is 17.7. The summed E-state index contributed by atoms with van der Waals surface area (Å²) in [7, 11) is 0. The predicted molar refractivity (Wildman–Crippen MR) is 226 cm³/mol. The van der Waals surface area contributed by atoms with Gasteiger partial charge in [-0.3, -0.25) is 9.59 Å². The van der Waals surface area contributed by atoms with Gasteiger partial charge in [-0.25, -0.2) is 0 Å². The number of benzene rings is 7. The van der Waals surface area contributed by atoms with Crippen LogP contribution in [0.15, 0.2) is 170 Å². The molecule has 7 aromatic carbocycles. The molecule has 7 rings (SSSR count). The minimum Gasteiger partial charge on any atom is -0.399 e. The van der Waals surface area contributed by atoms with Gasteiger partial charge in [-0.1, -0.05) is 149 Å². The smallest absolute Gasteiger partial charge is 0.193 e. The second-order valence-electron chi connectivity index (χ2n) is 13.3. The second-order valence-corrected chi connectivity index (χ2v) is 14.2. The molecular weight excluding hydrogens is 705 g/mol. The third-order valence-corrected chi connectivity index (χ3v) is 9.28. The van der Waals surface area contributed by atoms with E-state index < -0.39 is 0 Å². The van der Waals surface area contributed by atoms with Crippen LogP contribution < -0.4 is 5.73 Å². The monoisotopic (exact) mass is 747 g/mol. The maximum Gasteiger partial charge on any atom is 0.193 e. The van der Waals surface area contributed by atoms with E-state index in [2.05, 4.69) is 86.6 Å². The fraction of sp³-hybridized carbons (Fsp3) is 0.102. The Morgan fingerprint density at radius 1 is 0.370 bits per heavy atom. The van der Waals surface area contributed by atoms with Crippen molar-refractivity contribution >= 4 is 40.5 Å². The summed E-state index contributed by atoms with van der Waals surface area (Å²) in [6.07, 6.45) is 1.75. The first-order chi connectivity index (χ1) is 26.0. The fourth-order valence-electron chi connectivity index (χ4n) is 5.53. The molecule has 0 radical (unpaired) electrons. The molecule has 0 amide bonds. The molecule has 0 atom stereocenters. The van der Waals surface area contributed by atoms with E-state index in [0.29, 0.717) is 21.2 Å². The first kappa shape index (κ1) is 39.5. The maximum absolute atomic E-state index is 12.9. The van der Waals surface area contributed by atoms with Gasteiger partial charge in [0, 0.05) is 38.0 Å². The Balaban J connectivity index is 0.000000193. The molecular formula is C49H43Cl2NO2. The van der Waals surface area contributed by atoms with Crippen LogP contribution in [0, 0.1) is 20.8 Å². The third kappa shape index (κ3) is 12.2. The largest absolute Gasteiger partial charge is 0.399 e. The van der Waals surface area contributed by atoms with E-state index in [1.165, 1.54) is 38.9 Å². The lowest BCUT2D eigenvalue weighted by atomic mass is 9.97. The molecule has 0 saturated heterocycles. The number of aryl methyl sites for hydroxylation is 3. The standard InChI is InChI=1S/C29H26O.C13H8Cl2O.C7H9N/c1-21-3-7-23(8-4-21)19-25-11-15-27(16-12-25)29(30)28-17-13-26(14-18-28)20-24-9-5-22(2)6-10-24;14-11-5-1-9(2-6-11)13(16)10-3-7-12(15)8-4-10;1-6-2-4-7(8)5-3-6/h3-18H,19-20H2,1-2H3;1-8H;2-5H,8H2,1H3. The SMILES string of the molecule is Cc1ccc(Cc2ccc(C(=O)c3ccc(Cc4ccc(C)cc4)cc3)cc2)cc1.Cc1ccc(N)cc1.O=C(c1ccc(Cl)cc1)c1ccc(Cl)cc1. The van der Waals surface area contributed by atoms with Gasteiger partial charge in [-0.2, -0.15) is 0 Å². The average molecular weight is 749 g/mol. The maximum atomic E-state index is 12.9. The molecule has 0 unspecified atom stereocenters. The van der Waals surface area contributed by atoms with Crippen LogP contribution >= 0.6 is 23.2 Å². The van der Waals surface area contributed by atoms with Crippen LogP contribution in [0.2, 0.25) is 10.0 Å². The summed E-state index contributed by atoms with van der Waals surface area (Å²) in [5.41, 5.74) is 17.7. The number of anilines is 1. The van der Waals surface area contributed by atoms with Crippen LogP contribution in [0.1, 0.15) is 70.8 Å². The van der Waals surface area contributed by atoms with E-state index in [0.717, 1.165) is 29.7 Å². The highest BCUT2D eigenvalue weighted by molar-refractivity contribution is 6.31. The van der Waals surface area contributed by atoms with E-state index in [-0.39, 0.29) is 11.6 Å². The zero-order chi connectivity index (χ0) is 38.5. The summed E-state index contributed by atoms with van der Waals surface area (Å²) in [4.78, 5) is 24.8. The molecule has 7 aromatic rings. The van der Waals surface area contributed by atoms with E-state index in [1.807, 2.05) is 55.5 Å². The van der Waals surface area contributed by atoms with Gasteiger partial charge in [-0.05, 0) is 117 Å². The van der Waals surface area contributed by atoms with Crippen molar-refractivity contribution in [3.8, 4) is 0 Å². The molecule has 270 valence electrons. The highest BCUT2D eigenvalue weighted by atomic mass is 35.5. The lowest BCUT2D eigenvalue weighted by Crippen LogP contribution is -2.02. The Kier molecular flexibility index (Phi) is 14.2. The molecule has 0 spiro atoms. The lowest BCUT2D eigenvalue weighted by Gasteiger charge is -2.07. The van der Waals surface area contributed by atoms with Crippen molar-refractivity contribution in [1.82, 2.24) is 0 Å². The molecule has 0 aliphatic rings. The highest BCUT2D eigenvalue weighted by Crippen LogP contribution is 2.18. The number of carbonyl (C=O) groups excluding carboxylic acids is 2. The summed E-state index contributed by atoms with van der Waals surface area (Å²) in [6.45, 7) is 6.23. The average Bonchev–Trinajstić information content (AvgIpc) is 3.19. The summed E-state index contributed by atoms with van der Waals surface area (Å²) >= 11 is 11.5. The molecule has 3 nitrogen and oxygen atoms in total. The minimum atomic E-state index is -0.0340. The lowest BCUT2D eigenvalue weighted by molar-refractivity contribution is 0.103. The van der Waals surface area contributed by atoms with Gasteiger partial charge in [0.1, 0.15) is 0 Å². The quantitative estimate of drug-likeness (QED) is 0.124. The van der Waals surface area contributed by atoms with Crippen LogP contribution in [0.25, 0.3) is 0 Å². The Morgan fingerprint density at radius 2 is 0.593 bits per heavy atom. The van der Waals surface area contributed by atoms with Crippen LogP contribution in [0.4, 0.5) is 5.69 Å². The van der Waals surface area contributed by atoms with Crippen molar-refractivity contribution in [2.75, 3.05) is 5.73 Å². The van der Waals surface area contributed by atoms with Crippen molar-refractivity contribution in [2.24, 2.45) is 0 Å². The number of hydrogen-bond donors (Lipinski definition) is 1. The van der Waals surface area contributed by atoms with Gasteiger partial charge in [0.05, 0.1) is 0 Å². The van der Waals surface area contributed by atoms with Crippen LogP contribution in [-0.2, 0) is 12.8 Å². The van der Waals surface area contributed by atoms with Crippen molar-refractivity contribution in [3.05, 3.63) is 241 Å². The van der Waals surface area contributed by atoms with E-state index in [4.69, 9.17) is 28.9 Å². The van der Waals surface area contributed by atoms with Crippen LogP contribution in [-0.4, -0.2) is 11.6 Å². The molecule has 54 heavy (non-hydrogen) atoms. The second kappa shape index (κ2) is 19.4. The Bertz CT molecular complexity index is 2080. The molecule has 0 aliphatic carbocycles. The number of halogens is 2. The molecule has 0 aliphatic heterocycles. The van der Waals surface area contributed by atoms with Crippen LogP contribution in [0.5, 0.6) is 0 Å². The predicted octanol–water partition coefficient (Wildman–Crippen LogP) is 12.5. The summed E-state index contributed by atoms with van der Waals surface area (Å²) in [6, 6.07) is 54.6. The zero-order valence-electron chi connectivity index (χ0n) is 30.7. The number of hydrogen-bond acceptors (Lipinski definition) is 3. The molecule has 0 saturated carbocycles. The number of ketones is 2. The highest BCUT2D eigenvalue weighted by Gasteiger charge is 2.10. The fourth-order valence-corrected chi connectivity index (χ4v) is 5.79. The molecule has 0 heterocycles. The van der Waals surface area contributed by atoms with Crippen LogP contribution in [0.3, 0.4) is 0 Å². The normalized spacial score (nSPS) is 10.3. The minimum absolute atomic E-state index is 0.0340. The molecule has 2 N–H and O–H groups in total. The molecule has 5 heteroatoms. The molecule has 0 bridgehead atoms. The molecule has 0 fully saturated rings. The summed E-state index contributed by atoms with van der Waals surface area (Å²) in [5, 5.41) is 1.24.